The van der Waals surface area contributed by atoms with E-state index in [1.54, 1.807) is 0 Å². The van der Waals surface area contributed by atoms with Crippen molar-refractivity contribution in [1.82, 2.24) is 0 Å². The van der Waals surface area contributed by atoms with Crippen LogP contribution < -0.4 is 5.73 Å². The van der Waals surface area contributed by atoms with Gasteiger partial charge in [-0.2, -0.15) is 0 Å². The van der Waals surface area contributed by atoms with E-state index in [4.69, 9.17) is 10.5 Å². The fourth-order valence-electron chi connectivity index (χ4n) is 3.61. The summed E-state index contributed by atoms with van der Waals surface area (Å²) in [6.07, 6.45) is 5.99. The molecule has 3 heteroatoms. The third-order valence-electron chi connectivity index (χ3n) is 4.61. The van der Waals surface area contributed by atoms with Crippen molar-refractivity contribution >= 4 is 0 Å². The molecule has 0 bridgehead atoms. The Bertz CT molecular complexity index is 288. The van der Waals surface area contributed by atoms with E-state index in [1.807, 2.05) is 0 Å². The first-order valence-electron chi connectivity index (χ1n) is 7.39. The molecule has 2 aliphatic carbocycles. The monoisotopic (exact) mass is 255 g/mol. The van der Waals surface area contributed by atoms with Gasteiger partial charge in [0.2, 0.25) is 0 Å². The van der Waals surface area contributed by atoms with Gasteiger partial charge in [0, 0.05) is 6.54 Å². The second-order valence-corrected chi connectivity index (χ2v) is 7.43. The Morgan fingerprint density at radius 2 is 2.00 bits per heavy atom. The van der Waals surface area contributed by atoms with Crippen LogP contribution in [0.3, 0.4) is 0 Å². The molecule has 2 rings (SSSR count). The number of rotatable bonds is 5. The van der Waals surface area contributed by atoms with Crippen molar-refractivity contribution in [1.29, 1.82) is 0 Å². The highest BCUT2D eigenvalue weighted by Crippen LogP contribution is 2.42. The smallest absolute Gasteiger partial charge is 0.103 e. The predicted molar refractivity (Wildman–Crippen MR) is 73.3 cm³/mol. The lowest BCUT2D eigenvalue weighted by Crippen LogP contribution is -2.46. The molecule has 106 valence electrons. The second-order valence-electron chi connectivity index (χ2n) is 7.43. The molecule has 0 radical (unpaired) electrons. The first-order valence-corrected chi connectivity index (χ1v) is 7.39. The van der Waals surface area contributed by atoms with Gasteiger partial charge in [0.1, 0.15) is 5.60 Å². The molecule has 2 fully saturated rings. The summed E-state index contributed by atoms with van der Waals surface area (Å²) < 4.78 is 6.02. The van der Waals surface area contributed by atoms with Crippen LogP contribution in [0.5, 0.6) is 0 Å². The molecular weight excluding hydrogens is 226 g/mol. The summed E-state index contributed by atoms with van der Waals surface area (Å²) >= 11 is 0. The minimum Gasteiger partial charge on any atom is -0.386 e. The normalized spacial score (nSPS) is 35.2. The molecule has 18 heavy (non-hydrogen) atoms. The molecule has 3 N–H and O–H groups in total. The Kier molecular flexibility index (Phi) is 4.05. The minimum atomic E-state index is -0.773. The van der Waals surface area contributed by atoms with Gasteiger partial charge in [0.25, 0.3) is 0 Å². The van der Waals surface area contributed by atoms with Crippen LogP contribution in [-0.4, -0.2) is 30.0 Å². The van der Waals surface area contributed by atoms with E-state index in [-0.39, 0.29) is 0 Å². The van der Waals surface area contributed by atoms with Crippen LogP contribution in [0.1, 0.15) is 52.9 Å². The summed E-state index contributed by atoms with van der Waals surface area (Å²) in [5, 5.41) is 10.4. The van der Waals surface area contributed by atoms with Gasteiger partial charge in [-0.3, -0.25) is 0 Å². The number of nitrogens with two attached hydrogens (primary N) is 1. The minimum absolute atomic E-state index is 0.292. The third kappa shape index (κ3) is 3.46. The van der Waals surface area contributed by atoms with Gasteiger partial charge in [0.15, 0.2) is 0 Å². The first-order chi connectivity index (χ1) is 8.35. The molecule has 3 atom stereocenters. The van der Waals surface area contributed by atoms with Crippen molar-refractivity contribution < 1.29 is 9.84 Å². The van der Waals surface area contributed by atoms with E-state index in [1.165, 1.54) is 6.42 Å². The number of aliphatic hydroxyl groups is 1. The number of hydrogen-bond acceptors (Lipinski definition) is 3. The van der Waals surface area contributed by atoms with Crippen LogP contribution >= 0.6 is 0 Å². The van der Waals surface area contributed by atoms with Crippen molar-refractivity contribution in [2.45, 2.75) is 64.6 Å². The van der Waals surface area contributed by atoms with Crippen molar-refractivity contribution in [3.63, 3.8) is 0 Å². The quantitative estimate of drug-likeness (QED) is 0.792. The zero-order chi connectivity index (χ0) is 13.4. The SMILES string of the molecule is CC1CC(OCC(O)(CN)C2CC2)CC(C)(C)C1. The van der Waals surface area contributed by atoms with Crippen LogP contribution in [0, 0.1) is 17.3 Å². The molecule has 0 aromatic rings. The lowest BCUT2D eigenvalue weighted by atomic mass is 9.71. The van der Waals surface area contributed by atoms with Crippen LogP contribution in [0.15, 0.2) is 0 Å². The molecule has 0 amide bonds. The maximum absolute atomic E-state index is 10.4. The summed E-state index contributed by atoms with van der Waals surface area (Å²) in [7, 11) is 0. The molecule has 0 saturated heterocycles. The molecule has 3 nitrogen and oxygen atoms in total. The Morgan fingerprint density at radius 1 is 1.33 bits per heavy atom. The van der Waals surface area contributed by atoms with Crippen molar-refractivity contribution in [3.05, 3.63) is 0 Å². The fourth-order valence-corrected chi connectivity index (χ4v) is 3.61. The van der Waals surface area contributed by atoms with Crippen LogP contribution in [0.2, 0.25) is 0 Å². The highest BCUT2D eigenvalue weighted by atomic mass is 16.5. The number of ether oxygens (including phenoxy) is 1. The first kappa shape index (κ1) is 14.3. The highest BCUT2D eigenvalue weighted by molar-refractivity contribution is 4.96. The van der Waals surface area contributed by atoms with Gasteiger partial charge in [-0.15, -0.1) is 0 Å². The topological polar surface area (TPSA) is 55.5 Å². The average Bonchev–Trinajstić information content (AvgIpc) is 3.07. The summed E-state index contributed by atoms with van der Waals surface area (Å²) in [4.78, 5) is 0. The predicted octanol–water partition coefficient (Wildman–Crippen LogP) is 2.32. The zero-order valence-electron chi connectivity index (χ0n) is 12.1. The molecular formula is C15H29NO2. The molecule has 0 aliphatic heterocycles. The van der Waals surface area contributed by atoms with E-state index in [0.29, 0.717) is 36.5 Å². The van der Waals surface area contributed by atoms with Gasteiger partial charge >= 0.3 is 0 Å². The van der Waals surface area contributed by atoms with Gasteiger partial charge in [-0.05, 0) is 49.4 Å². The lowest BCUT2D eigenvalue weighted by Gasteiger charge is -2.40. The van der Waals surface area contributed by atoms with Crippen LogP contribution in [0.4, 0.5) is 0 Å². The Balaban J connectivity index is 1.85. The van der Waals surface area contributed by atoms with Crippen molar-refractivity contribution in [2.75, 3.05) is 13.2 Å². The summed E-state index contributed by atoms with van der Waals surface area (Å²) in [5.74, 6) is 1.09. The van der Waals surface area contributed by atoms with E-state index >= 15 is 0 Å². The van der Waals surface area contributed by atoms with Gasteiger partial charge < -0.3 is 15.6 Å². The van der Waals surface area contributed by atoms with Crippen molar-refractivity contribution in [2.24, 2.45) is 23.0 Å². The summed E-state index contributed by atoms with van der Waals surface area (Å²) in [6.45, 7) is 7.67. The lowest BCUT2D eigenvalue weighted by molar-refractivity contribution is -0.103. The van der Waals surface area contributed by atoms with E-state index < -0.39 is 5.60 Å². The molecule has 0 spiro atoms. The number of hydrogen-bond donors (Lipinski definition) is 2. The average molecular weight is 255 g/mol. The van der Waals surface area contributed by atoms with Crippen LogP contribution in [-0.2, 0) is 4.74 Å². The maximum Gasteiger partial charge on any atom is 0.103 e. The molecule has 2 aliphatic rings. The molecule has 2 saturated carbocycles. The largest absolute Gasteiger partial charge is 0.386 e. The van der Waals surface area contributed by atoms with E-state index in [9.17, 15) is 5.11 Å². The van der Waals surface area contributed by atoms with Gasteiger partial charge in [-0.25, -0.2) is 0 Å². The third-order valence-corrected chi connectivity index (χ3v) is 4.61. The Labute approximate surface area is 111 Å². The van der Waals surface area contributed by atoms with Crippen LogP contribution in [0.25, 0.3) is 0 Å². The van der Waals surface area contributed by atoms with Gasteiger partial charge in [-0.1, -0.05) is 20.8 Å². The molecule has 0 aromatic heterocycles. The Morgan fingerprint density at radius 3 is 2.50 bits per heavy atom. The van der Waals surface area contributed by atoms with E-state index in [2.05, 4.69) is 20.8 Å². The molecule has 0 aromatic carbocycles. The van der Waals surface area contributed by atoms with Crippen molar-refractivity contribution in [3.8, 4) is 0 Å². The highest BCUT2D eigenvalue weighted by Gasteiger charge is 2.44. The zero-order valence-corrected chi connectivity index (χ0v) is 12.1. The molecule has 3 unspecified atom stereocenters. The second kappa shape index (κ2) is 5.10. The summed E-state index contributed by atoms with van der Waals surface area (Å²) in [6, 6.07) is 0. The standard InChI is InChI=1S/C15H29NO2/c1-11-6-13(8-14(2,3)7-11)18-10-15(17,9-16)12-4-5-12/h11-13,17H,4-10,16H2,1-3H3. The maximum atomic E-state index is 10.4. The van der Waals surface area contributed by atoms with Gasteiger partial charge in [0.05, 0.1) is 12.7 Å². The fraction of sp³-hybridized carbons (Fsp3) is 1.00. The molecule has 0 heterocycles. The Hall–Kier alpha value is -0.120. The van der Waals surface area contributed by atoms with E-state index in [0.717, 1.165) is 25.7 Å². The summed E-state index contributed by atoms with van der Waals surface area (Å²) in [5.41, 5.74) is 5.31.